The van der Waals surface area contributed by atoms with Crippen molar-refractivity contribution in [2.45, 2.75) is 44.1 Å². The second kappa shape index (κ2) is 10.5. The molecule has 8 nitrogen and oxygen atoms in total. The summed E-state index contributed by atoms with van der Waals surface area (Å²) in [6.45, 7) is 2.36. The van der Waals surface area contributed by atoms with Crippen LogP contribution in [0, 0.1) is 5.92 Å². The molecular weight excluding hydrogens is 448 g/mol. The van der Waals surface area contributed by atoms with Gasteiger partial charge in [0.05, 0.1) is 12.5 Å². The summed E-state index contributed by atoms with van der Waals surface area (Å²) in [6, 6.07) is 16.2. The largest absolute Gasteiger partial charge is 0.479 e. The number of nitrogens with one attached hydrogen (secondary N) is 1. The molecule has 2 aromatic rings. The Hall–Kier alpha value is -3.39. The average molecular weight is 481 g/mol. The van der Waals surface area contributed by atoms with E-state index >= 15 is 0 Å². The average Bonchev–Trinajstić information content (AvgIpc) is 3.18. The van der Waals surface area contributed by atoms with Crippen LogP contribution in [0.15, 0.2) is 48.5 Å². The van der Waals surface area contributed by atoms with E-state index in [2.05, 4.69) is 17.4 Å². The van der Waals surface area contributed by atoms with Crippen molar-refractivity contribution in [3.63, 3.8) is 0 Å². The summed E-state index contributed by atoms with van der Waals surface area (Å²) in [5, 5.41) is 22.4. The van der Waals surface area contributed by atoms with Gasteiger partial charge in [-0.3, -0.25) is 4.79 Å². The lowest BCUT2D eigenvalue weighted by atomic mass is 9.91. The molecule has 2 aliphatic rings. The molecule has 0 spiro atoms. The second-order valence-corrected chi connectivity index (χ2v) is 9.39. The van der Waals surface area contributed by atoms with Crippen molar-refractivity contribution in [1.82, 2.24) is 10.2 Å². The van der Waals surface area contributed by atoms with Crippen LogP contribution in [-0.4, -0.2) is 64.9 Å². The number of carboxylic acid groups (broad SMARTS) is 1. The third-order valence-corrected chi connectivity index (χ3v) is 7.00. The SMILES string of the molecule is CCCC(CNC(=O)OCC1c2ccccc2-c2ccccc21)C(=O)N1CCCC(O)(C(=O)O)C1. The highest BCUT2D eigenvalue weighted by Gasteiger charge is 2.42. The molecule has 0 aromatic heterocycles. The number of alkyl carbamates (subject to hydrolysis) is 1. The van der Waals surface area contributed by atoms with E-state index in [0.717, 1.165) is 28.7 Å². The van der Waals surface area contributed by atoms with Crippen LogP contribution in [0.25, 0.3) is 11.1 Å². The summed E-state index contributed by atoms with van der Waals surface area (Å²) in [6.07, 6.45) is 1.18. The van der Waals surface area contributed by atoms with Gasteiger partial charge in [-0.1, -0.05) is 61.9 Å². The number of amides is 2. The van der Waals surface area contributed by atoms with Gasteiger partial charge in [0.15, 0.2) is 5.60 Å². The van der Waals surface area contributed by atoms with Crippen molar-refractivity contribution in [2.24, 2.45) is 5.92 Å². The number of hydrogen-bond donors (Lipinski definition) is 3. The van der Waals surface area contributed by atoms with Crippen LogP contribution < -0.4 is 5.32 Å². The normalized spacial score (nSPS) is 20.0. The first-order valence-electron chi connectivity index (χ1n) is 12.2. The molecule has 0 bridgehead atoms. The summed E-state index contributed by atoms with van der Waals surface area (Å²) < 4.78 is 5.57. The smallest absolute Gasteiger partial charge is 0.407 e. The molecule has 4 rings (SSSR count). The Balaban J connectivity index is 1.35. The molecular formula is C27H32N2O6. The van der Waals surface area contributed by atoms with E-state index in [1.807, 2.05) is 43.3 Å². The highest BCUT2D eigenvalue weighted by atomic mass is 16.5. The first-order chi connectivity index (χ1) is 16.8. The number of likely N-dealkylation sites (tertiary alicyclic amines) is 1. The van der Waals surface area contributed by atoms with Gasteiger partial charge in [0.25, 0.3) is 0 Å². The van der Waals surface area contributed by atoms with E-state index in [-0.39, 0.29) is 37.9 Å². The first-order valence-corrected chi connectivity index (χ1v) is 12.2. The monoisotopic (exact) mass is 480 g/mol. The molecule has 35 heavy (non-hydrogen) atoms. The number of β-amino-alcohol motifs (C(OH)–C–C–N with tert-alkyl or cyclic N) is 1. The fourth-order valence-corrected chi connectivity index (χ4v) is 5.17. The van der Waals surface area contributed by atoms with Crippen LogP contribution in [0.3, 0.4) is 0 Å². The van der Waals surface area contributed by atoms with E-state index in [1.165, 1.54) is 4.90 Å². The van der Waals surface area contributed by atoms with Crippen molar-refractivity contribution in [3.05, 3.63) is 59.7 Å². The van der Waals surface area contributed by atoms with Crippen LogP contribution in [0.2, 0.25) is 0 Å². The summed E-state index contributed by atoms with van der Waals surface area (Å²) >= 11 is 0. The molecule has 0 radical (unpaired) electrons. The van der Waals surface area contributed by atoms with E-state index in [4.69, 9.17) is 4.74 Å². The molecule has 2 amide bonds. The third kappa shape index (κ3) is 5.17. The molecule has 1 aliphatic heterocycles. The number of fused-ring (bicyclic) bond motifs is 3. The van der Waals surface area contributed by atoms with Gasteiger partial charge < -0.3 is 25.2 Å². The lowest BCUT2D eigenvalue weighted by Crippen LogP contribution is -2.56. The topological polar surface area (TPSA) is 116 Å². The van der Waals surface area contributed by atoms with Gasteiger partial charge in [-0.25, -0.2) is 9.59 Å². The van der Waals surface area contributed by atoms with Crippen LogP contribution in [0.5, 0.6) is 0 Å². The predicted molar refractivity (Wildman–Crippen MR) is 130 cm³/mol. The number of carbonyl (C=O) groups is 3. The molecule has 186 valence electrons. The van der Waals surface area contributed by atoms with Crippen molar-refractivity contribution in [2.75, 3.05) is 26.2 Å². The van der Waals surface area contributed by atoms with Crippen LogP contribution in [-0.2, 0) is 14.3 Å². The molecule has 2 unspecified atom stereocenters. The lowest BCUT2D eigenvalue weighted by molar-refractivity contribution is -0.167. The summed E-state index contributed by atoms with van der Waals surface area (Å²) in [7, 11) is 0. The summed E-state index contributed by atoms with van der Waals surface area (Å²) in [4.78, 5) is 38.5. The maximum atomic E-state index is 13.1. The first kappa shape index (κ1) is 24.7. The van der Waals surface area contributed by atoms with Crippen molar-refractivity contribution in [3.8, 4) is 11.1 Å². The molecule has 2 atom stereocenters. The lowest BCUT2D eigenvalue weighted by Gasteiger charge is -2.38. The number of benzene rings is 2. The standard InChI is InChI=1S/C27H32N2O6/c1-2-8-18(24(30)29-14-7-13-27(34,17-29)25(31)32)15-28-26(33)35-16-23-21-11-5-3-9-19(21)20-10-4-6-12-22(20)23/h3-6,9-12,18,23,34H,2,7-8,13-17H2,1H3,(H,28,33)(H,31,32). The zero-order valence-corrected chi connectivity index (χ0v) is 19.9. The highest BCUT2D eigenvalue weighted by molar-refractivity contribution is 5.83. The Morgan fingerprint density at radius 1 is 1.11 bits per heavy atom. The Kier molecular flexibility index (Phi) is 7.40. The van der Waals surface area contributed by atoms with Gasteiger partial charge in [0, 0.05) is 19.0 Å². The quantitative estimate of drug-likeness (QED) is 0.533. The predicted octanol–water partition coefficient (Wildman–Crippen LogP) is 3.38. The molecule has 0 saturated carbocycles. The maximum absolute atomic E-state index is 13.1. The third-order valence-electron chi connectivity index (χ3n) is 7.00. The number of carboxylic acids is 1. The minimum Gasteiger partial charge on any atom is -0.479 e. The highest BCUT2D eigenvalue weighted by Crippen LogP contribution is 2.44. The number of aliphatic carboxylic acids is 1. The molecule has 3 N–H and O–H groups in total. The summed E-state index contributed by atoms with van der Waals surface area (Å²) in [5.41, 5.74) is 2.61. The molecule has 1 fully saturated rings. The van der Waals surface area contributed by atoms with Crippen molar-refractivity contribution in [1.29, 1.82) is 0 Å². The summed E-state index contributed by atoms with van der Waals surface area (Å²) in [5.74, 6) is -2.15. The zero-order valence-electron chi connectivity index (χ0n) is 19.9. The number of piperidine rings is 1. The number of rotatable bonds is 8. The van der Waals surface area contributed by atoms with Crippen molar-refractivity contribution < 1.29 is 29.3 Å². The Morgan fingerprint density at radius 3 is 2.34 bits per heavy atom. The fourth-order valence-electron chi connectivity index (χ4n) is 5.17. The minimum atomic E-state index is -1.93. The van der Waals surface area contributed by atoms with E-state index < -0.39 is 23.6 Å². The fraction of sp³-hybridized carbons (Fsp3) is 0.444. The maximum Gasteiger partial charge on any atom is 0.407 e. The van der Waals surface area contributed by atoms with Crippen LogP contribution in [0.4, 0.5) is 4.79 Å². The number of ether oxygens (including phenoxy) is 1. The molecule has 1 aliphatic carbocycles. The molecule has 1 heterocycles. The van der Waals surface area contributed by atoms with E-state index in [9.17, 15) is 24.6 Å². The van der Waals surface area contributed by atoms with Gasteiger partial charge in [-0.2, -0.15) is 0 Å². The molecule has 2 aromatic carbocycles. The van der Waals surface area contributed by atoms with Crippen LogP contribution >= 0.6 is 0 Å². The number of hydrogen-bond acceptors (Lipinski definition) is 5. The van der Waals surface area contributed by atoms with E-state index in [1.54, 1.807) is 0 Å². The Labute approximate surface area is 204 Å². The van der Waals surface area contributed by atoms with Crippen LogP contribution in [0.1, 0.15) is 49.7 Å². The van der Waals surface area contributed by atoms with Gasteiger partial charge in [0.2, 0.25) is 5.91 Å². The Morgan fingerprint density at radius 2 is 1.74 bits per heavy atom. The number of carbonyl (C=O) groups excluding carboxylic acids is 2. The van der Waals surface area contributed by atoms with Gasteiger partial charge >= 0.3 is 12.1 Å². The van der Waals surface area contributed by atoms with Crippen molar-refractivity contribution >= 4 is 18.0 Å². The van der Waals surface area contributed by atoms with Gasteiger partial charge in [-0.05, 0) is 41.5 Å². The zero-order chi connectivity index (χ0) is 25.0. The molecule has 8 heteroatoms. The number of aliphatic hydroxyl groups is 1. The second-order valence-electron chi connectivity index (χ2n) is 9.39. The Bertz CT molecular complexity index is 1060. The minimum absolute atomic E-state index is 0.0525. The van der Waals surface area contributed by atoms with E-state index in [0.29, 0.717) is 19.4 Å². The van der Waals surface area contributed by atoms with Gasteiger partial charge in [0.1, 0.15) is 6.61 Å². The molecule has 1 saturated heterocycles. The number of nitrogens with zero attached hydrogens (tertiary/aromatic N) is 1. The van der Waals surface area contributed by atoms with Gasteiger partial charge in [-0.15, -0.1) is 0 Å².